The predicted molar refractivity (Wildman–Crippen MR) is 94.8 cm³/mol. The van der Waals surface area contributed by atoms with Gasteiger partial charge in [0.15, 0.2) is 5.57 Å². The topological polar surface area (TPSA) is 85.7 Å². The molecular weight excluding hydrogens is 322 g/mol. The monoisotopic (exact) mass is 349 g/mol. The zero-order chi connectivity index (χ0) is 18.5. The van der Waals surface area contributed by atoms with Crippen LogP contribution in [0.2, 0.25) is 0 Å². The Labute approximate surface area is 148 Å². The van der Waals surface area contributed by atoms with E-state index in [4.69, 9.17) is 9.47 Å². The van der Waals surface area contributed by atoms with Crippen LogP contribution in [0, 0.1) is 0 Å². The number of esters is 2. The Morgan fingerprint density at radius 1 is 0.920 bits per heavy atom. The van der Waals surface area contributed by atoms with E-state index in [1.807, 2.05) is 13.8 Å². The summed E-state index contributed by atoms with van der Waals surface area (Å²) in [5.74, 6) is -2.19. The molecule has 6 heteroatoms. The maximum absolute atomic E-state index is 12.3. The molecule has 0 saturated carbocycles. The number of aromatic nitrogens is 1. The number of carbonyl (C=O) groups excluding carboxylic acids is 2. The van der Waals surface area contributed by atoms with E-state index in [1.165, 1.54) is 24.5 Å². The van der Waals surface area contributed by atoms with Crippen LogP contribution in [0.15, 0.2) is 30.1 Å². The van der Waals surface area contributed by atoms with Gasteiger partial charge in [0.1, 0.15) is 5.76 Å². The van der Waals surface area contributed by atoms with Gasteiger partial charge in [-0.05, 0) is 25.0 Å². The number of rotatable bonds is 11. The largest absolute Gasteiger partial charge is 0.506 e. The van der Waals surface area contributed by atoms with Crippen LogP contribution in [0.25, 0.3) is 5.76 Å². The van der Waals surface area contributed by atoms with Gasteiger partial charge < -0.3 is 14.6 Å². The fraction of sp³-hybridized carbons (Fsp3) is 0.526. The van der Waals surface area contributed by atoms with Crippen molar-refractivity contribution in [2.24, 2.45) is 0 Å². The minimum Gasteiger partial charge on any atom is -0.506 e. The smallest absolute Gasteiger partial charge is 0.349 e. The average Bonchev–Trinajstić information content (AvgIpc) is 2.63. The van der Waals surface area contributed by atoms with E-state index in [-0.39, 0.29) is 13.2 Å². The Morgan fingerprint density at radius 2 is 1.40 bits per heavy atom. The summed E-state index contributed by atoms with van der Waals surface area (Å²) >= 11 is 0. The quantitative estimate of drug-likeness (QED) is 0.163. The van der Waals surface area contributed by atoms with E-state index in [9.17, 15) is 14.7 Å². The Bertz CT molecular complexity index is 542. The standard InChI is InChI=1S/C19H27NO5/c1-3-5-7-13-24-18(22)16(19(23)25-14-8-6-4-2)17(21)15-9-11-20-12-10-15/h9-12,21H,3-8,13-14H2,1-2H3. The van der Waals surface area contributed by atoms with Gasteiger partial charge in [0.05, 0.1) is 13.2 Å². The molecule has 0 aliphatic carbocycles. The lowest BCUT2D eigenvalue weighted by Crippen LogP contribution is -2.21. The lowest BCUT2D eigenvalue weighted by Gasteiger charge is -2.11. The SMILES string of the molecule is CCCCCOC(=O)C(C(=O)OCCCCC)=C(O)c1ccncc1. The molecule has 1 heterocycles. The summed E-state index contributed by atoms with van der Waals surface area (Å²) in [5, 5.41) is 10.4. The molecule has 0 aliphatic heterocycles. The van der Waals surface area contributed by atoms with Crippen molar-refractivity contribution in [2.45, 2.75) is 52.4 Å². The summed E-state index contributed by atoms with van der Waals surface area (Å²) in [6.45, 7) is 4.47. The highest BCUT2D eigenvalue weighted by Gasteiger charge is 2.27. The summed E-state index contributed by atoms with van der Waals surface area (Å²) in [6, 6.07) is 3.01. The second kappa shape index (κ2) is 12.1. The number of aliphatic hydroxyl groups is 1. The first kappa shape index (κ1) is 20.7. The third-order valence-electron chi connectivity index (χ3n) is 3.56. The van der Waals surface area contributed by atoms with Crippen molar-refractivity contribution in [1.82, 2.24) is 4.98 Å². The minimum absolute atomic E-state index is 0.197. The van der Waals surface area contributed by atoms with Crippen molar-refractivity contribution < 1.29 is 24.2 Å². The van der Waals surface area contributed by atoms with Gasteiger partial charge >= 0.3 is 11.9 Å². The molecule has 0 radical (unpaired) electrons. The van der Waals surface area contributed by atoms with Crippen LogP contribution in [0.3, 0.4) is 0 Å². The summed E-state index contributed by atoms with van der Waals surface area (Å²) in [5.41, 5.74) is -0.166. The van der Waals surface area contributed by atoms with Gasteiger partial charge in [-0.3, -0.25) is 4.98 Å². The number of pyridine rings is 1. The second-order valence-electron chi connectivity index (χ2n) is 5.65. The van der Waals surface area contributed by atoms with Gasteiger partial charge in [0, 0.05) is 18.0 Å². The number of ether oxygens (including phenoxy) is 2. The molecule has 0 aliphatic rings. The molecule has 0 aromatic carbocycles. The molecule has 0 bridgehead atoms. The highest BCUT2D eigenvalue weighted by molar-refractivity contribution is 6.19. The number of carbonyl (C=O) groups is 2. The van der Waals surface area contributed by atoms with E-state index in [1.54, 1.807) is 0 Å². The number of nitrogens with zero attached hydrogens (tertiary/aromatic N) is 1. The third kappa shape index (κ3) is 7.37. The predicted octanol–water partition coefficient (Wildman–Crippen LogP) is 3.82. The summed E-state index contributed by atoms with van der Waals surface area (Å²) in [7, 11) is 0. The second-order valence-corrected chi connectivity index (χ2v) is 5.65. The molecular formula is C19H27NO5. The van der Waals surface area contributed by atoms with Crippen LogP contribution in [0.5, 0.6) is 0 Å². The zero-order valence-corrected chi connectivity index (χ0v) is 15.0. The van der Waals surface area contributed by atoms with E-state index in [2.05, 4.69) is 4.98 Å². The van der Waals surface area contributed by atoms with Crippen molar-refractivity contribution in [3.63, 3.8) is 0 Å². The Balaban J connectivity index is 2.89. The third-order valence-corrected chi connectivity index (χ3v) is 3.56. The fourth-order valence-corrected chi connectivity index (χ4v) is 2.11. The first-order valence-electron chi connectivity index (χ1n) is 8.79. The number of unbranched alkanes of at least 4 members (excludes halogenated alkanes) is 4. The molecule has 0 spiro atoms. The maximum atomic E-state index is 12.3. The van der Waals surface area contributed by atoms with Crippen LogP contribution in [0.4, 0.5) is 0 Å². The molecule has 1 rings (SSSR count). The lowest BCUT2D eigenvalue weighted by molar-refractivity contribution is -0.147. The van der Waals surface area contributed by atoms with Crippen LogP contribution in [-0.2, 0) is 19.1 Å². The van der Waals surface area contributed by atoms with Gasteiger partial charge in [-0.15, -0.1) is 0 Å². The first-order chi connectivity index (χ1) is 12.1. The van der Waals surface area contributed by atoms with Crippen LogP contribution < -0.4 is 0 Å². The molecule has 0 atom stereocenters. The average molecular weight is 349 g/mol. The zero-order valence-electron chi connectivity index (χ0n) is 15.0. The van der Waals surface area contributed by atoms with Crippen molar-refractivity contribution in [3.8, 4) is 0 Å². The first-order valence-corrected chi connectivity index (χ1v) is 8.79. The van der Waals surface area contributed by atoms with Crippen molar-refractivity contribution >= 4 is 17.7 Å². The Hall–Kier alpha value is -2.37. The van der Waals surface area contributed by atoms with E-state index >= 15 is 0 Å². The van der Waals surface area contributed by atoms with E-state index in [0.717, 1.165) is 25.7 Å². The maximum Gasteiger partial charge on any atom is 0.349 e. The molecule has 1 aromatic rings. The molecule has 0 fully saturated rings. The number of aliphatic hydroxyl groups excluding tert-OH is 1. The highest BCUT2D eigenvalue weighted by atomic mass is 16.6. The summed E-state index contributed by atoms with van der Waals surface area (Å²) < 4.78 is 10.2. The van der Waals surface area contributed by atoms with Gasteiger partial charge in [-0.1, -0.05) is 39.5 Å². The van der Waals surface area contributed by atoms with Gasteiger partial charge in [0.2, 0.25) is 0 Å². The lowest BCUT2D eigenvalue weighted by atomic mass is 10.1. The highest BCUT2D eigenvalue weighted by Crippen LogP contribution is 2.18. The molecule has 0 amide bonds. The Kier molecular flexibility index (Phi) is 9.97. The summed E-state index contributed by atoms with van der Waals surface area (Å²) in [6.07, 6.45) is 8.15. The minimum atomic E-state index is -0.870. The van der Waals surface area contributed by atoms with E-state index in [0.29, 0.717) is 18.4 Å². The van der Waals surface area contributed by atoms with Crippen molar-refractivity contribution in [3.05, 3.63) is 35.7 Å². The van der Waals surface area contributed by atoms with Crippen LogP contribution in [0.1, 0.15) is 57.9 Å². The molecule has 6 nitrogen and oxygen atoms in total. The number of hydrogen-bond acceptors (Lipinski definition) is 6. The van der Waals surface area contributed by atoms with Crippen LogP contribution >= 0.6 is 0 Å². The van der Waals surface area contributed by atoms with Crippen molar-refractivity contribution in [1.29, 1.82) is 0 Å². The van der Waals surface area contributed by atoms with Crippen LogP contribution in [-0.4, -0.2) is 35.2 Å². The molecule has 1 N–H and O–H groups in total. The van der Waals surface area contributed by atoms with Gasteiger partial charge in [-0.2, -0.15) is 0 Å². The fourth-order valence-electron chi connectivity index (χ4n) is 2.11. The number of hydrogen-bond donors (Lipinski definition) is 1. The van der Waals surface area contributed by atoms with Gasteiger partial charge in [-0.25, -0.2) is 9.59 Å². The summed E-state index contributed by atoms with van der Waals surface area (Å²) in [4.78, 5) is 28.4. The molecule has 0 unspecified atom stereocenters. The molecule has 25 heavy (non-hydrogen) atoms. The van der Waals surface area contributed by atoms with Gasteiger partial charge in [0.25, 0.3) is 0 Å². The Morgan fingerprint density at radius 3 is 1.84 bits per heavy atom. The molecule has 138 valence electrons. The normalized spacial score (nSPS) is 10.2. The van der Waals surface area contributed by atoms with Crippen molar-refractivity contribution in [2.75, 3.05) is 13.2 Å². The van der Waals surface area contributed by atoms with E-state index < -0.39 is 23.3 Å². The molecule has 1 aromatic heterocycles. The molecule has 0 saturated heterocycles.